The lowest BCUT2D eigenvalue weighted by atomic mass is 10.1. The number of carbonyl (C=O) groups excluding carboxylic acids is 1. The van der Waals surface area contributed by atoms with Gasteiger partial charge in [0.25, 0.3) is 0 Å². The fourth-order valence-electron chi connectivity index (χ4n) is 3.41. The van der Waals surface area contributed by atoms with Crippen molar-refractivity contribution >= 4 is 17.6 Å². The summed E-state index contributed by atoms with van der Waals surface area (Å²) in [4.78, 5) is 16.6. The van der Waals surface area contributed by atoms with Gasteiger partial charge in [0.05, 0.1) is 17.9 Å². The molecule has 0 fully saturated rings. The van der Waals surface area contributed by atoms with E-state index in [1.54, 1.807) is 0 Å². The number of hydrogen-bond acceptors (Lipinski definition) is 3. The van der Waals surface area contributed by atoms with Gasteiger partial charge in [-0.3, -0.25) is 4.79 Å². The van der Waals surface area contributed by atoms with Gasteiger partial charge in [-0.1, -0.05) is 44.2 Å². The average molecular weight is 447 g/mol. The monoisotopic (exact) mass is 446 g/mol. The van der Waals surface area contributed by atoms with E-state index >= 15 is 0 Å². The molecule has 0 saturated heterocycles. The minimum atomic E-state index is -0.0469. The van der Waals surface area contributed by atoms with E-state index in [-0.39, 0.29) is 11.8 Å². The number of nitrogens with zero attached hydrogens (tertiary/aromatic N) is 3. The van der Waals surface area contributed by atoms with Gasteiger partial charge in [-0.15, -0.1) is 0 Å². The van der Waals surface area contributed by atoms with Crippen molar-refractivity contribution in [1.29, 1.82) is 0 Å². The van der Waals surface area contributed by atoms with Crippen LogP contribution in [0.15, 0.2) is 59.6 Å². The molecule has 1 aromatic heterocycles. The minimum absolute atomic E-state index is 0.0140. The molecule has 7 heteroatoms. The highest BCUT2D eigenvalue weighted by atomic mass is 16.1. The number of benzene rings is 2. The van der Waals surface area contributed by atoms with Gasteiger partial charge in [-0.25, -0.2) is 9.67 Å². The molecule has 0 aliphatic heterocycles. The summed E-state index contributed by atoms with van der Waals surface area (Å²) in [5.41, 5.74) is 6.17. The van der Waals surface area contributed by atoms with Crippen LogP contribution in [0.3, 0.4) is 0 Å². The van der Waals surface area contributed by atoms with Gasteiger partial charge in [0.2, 0.25) is 5.91 Å². The number of aliphatic imine (C=N–C) groups is 1. The molecule has 0 unspecified atom stereocenters. The molecule has 2 aromatic carbocycles. The summed E-state index contributed by atoms with van der Waals surface area (Å²) >= 11 is 0. The zero-order chi connectivity index (χ0) is 23.8. The second-order valence-electron chi connectivity index (χ2n) is 8.36. The summed E-state index contributed by atoms with van der Waals surface area (Å²) in [5.74, 6) is 0.715. The normalized spacial score (nSPS) is 11.5. The third-order valence-corrected chi connectivity index (χ3v) is 5.19. The van der Waals surface area contributed by atoms with Gasteiger partial charge in [0, 0.05) is 30.4 Å². The van der Waals surface area contributed by atoms with E-state index in [2.05, 4.69) is 46.2 Å². The van der Waals surface area contributed by atoms with Crippen LogP contribution in [-0.2, 0) is 17.9 Å². The number of nitrogens with one attached hydrogen (secondary N) is 3. The molecule has 174 valence electrons. The van der Waals surface area contributed by atoms with Crippen molar-refractivity contribution < 1.29 is 4.79 Å². The molecule has 0 radical (unpaired) electrons. The number of carbonyl (C=O) groups is 1. The highest BCUT2D eigenvalue weighted by Crippen LogP contribution is 2.17. The molecule has 0 aliphatic carbocycles. The lowest BCUT2D eigenvalue weighted by Gasteiger charge is -2.15. The molecule has 0 saturated carbocycles. The Morgan fingerprint density at radius 1 is 1.06 bits per heavy atom. The van der Waals surface area contributed by atoms with Gasteiger partial charge in [-0.2, -0.15) is 5.10 Å². The van der Waals surface area contributed by atoms with E-state index in [1.165, 1.54) is 0 Å². The van der Waals surface area contributed by atoms with E-state index in [9.17, 15) is 4.79 Å². The van der Waals surface area contributed by atoms with Crippen molar-refractivity contribution in [1.82, 2.24) is 20.4 Å². The fourth-order valence-corrected chi connectivity index (χ4v) is 3.41. The van der Waals surface area contributed by atoms with E-state index < -0.39 is 0 Å². The average Bonchev–Trinajstić information content (AvgIpc) is 3.14. The second-order valence-corrected chi connectivity index (χ2v) is 8.36. The summed E-state index contributed by atoms with van der Waals surface area (Å²) in [6, 6.07) is 18.1. The molecule has 3 N–H and O–H groups in total. The van der Waals surface area contributed by atoms with E-state index in [4.69, 9.17) is 4.99 Å². The van der Waals surface area contributed by atoms with Crippen molar-refractivity contribution in [3.05, 3.63) is 77.1 Å². The molecular weight excluding hydrogens is 412 g/mol. The molecule has 1 heterocycles. The van der Waals surface area contributed by atoms with Gasteiger partial charge in [0.1, 0.15) is 0 Å². The molecular formula is C26H34N6O. The topological polar surface area (TPSA) is 83.3 Å². The smallest absolute Gasteiger partial charge is 0.226 e. The maximum Gasteiger partial charge on any atom is 0.226 e. The minimum Gasteiger partial charge on any atom is -0.357 e. The Bertz CT molecular complexity index is 1100. The summed E-state index contributed by atoms with van der Waals surface area (Å²) < 4.78 is 1.98. The molecule has 3 rings (SSSR count). The van der Waals surface area contributed by atoms with Crippen LogP contribution >= 0.6 is 0 Å². The van der Waals surface area contributed by atoms with E-state index in [0.717, 1.165) is 46.4 Å². The Morgan fingerprint density at radius 3 is 2.42 bits per heavy atom. The number of rotatable bonds is 8. The predicted molar refractivity (Wildman–Crippen MR) is 135 cm³/mol. The second kappa shape index (κ2) is 11.3. The van der Waals surface area contributed by atoms with Crippen LogP contribution in [0.1, 0.15) is 43.3 Å². The van der Waals surface area contributed by atoms with Gasteiger partial charge in [-0.05, 0) is 56.2 Å². The van der Waals surface area contributed by atoms with Crippen molar-refractivity contribution in [2.75, 3.05) is 11.9 Å². The Morgan fingerprint density at radius 2 is 1.79 bits per heavy atom. The lowest BCUT2D eigenvalue weighted by Crippen LogP contribution is -2.37. The molecule has 0 atom stereocenters. The van der Waals surface area contributed by atoms with E-state index in [0.29, 0.717) is 13.1 Å². The van der Waals surface area contributed by atoms with Crippen molar-refractivity contribution in [3.63, 3.8) is 0 Å². The zero-order valence-corrected chi connectivity index (χ0v) is 20.1. The van der Waals surface area contributed by atoms with Crippen LogP contribution < -0.4 is 16.0 Å². The summed E-state index contributed by atoms with van der Waals surface area (Å²) in [7, 11) is 0. The summed E-state index contributed by atoms with van der Waals surface area (Å²) in [6.45, 7) is 11.8. The first kappa shape index (κ1) is 24.0. The Kier molecular flexibility index (Phi) is 8.24. The van der Waals surface area contributed by atoms with Gasteiger partial charge in [0.15, 0.2) is 5.96 Å². The number of guanidine groups is 1. The molecule has 3 aromatic rings. The molecule has 0 spiro atoms. The molecule has 33 heavy (non-hydrogen) atoms. The highest BCUT2D eigenvalue weighted by molar-refractivity contribution is 5.92. The fraction of sp³-hybridized carbons (Fsp3) is 0.346. The Hall–Kier alpha value is -3.61. The Balaban J connectivity index is 1.67. The van der Waals surface area contributed by atoms with Crippen LogP contribution in [0.4, 0.5) is 5.69 Å². The van der Waals surface area contributed by atoms with Crippen molar-refractivity contribution in [2.45, 2.75) is 47.7 Å². The largest absolute Gasteiger partial charge is 0.357 e. The molecule has 1 amide bonds. The quantitative estimate of drug-likeness (QED) is 0.355. The van der Waals surface area contributed by atoms with Crippen LogP contribution in [-0.4, -0.2) is 28.2 Å². The number of amides is 1. The summed E-state index contributed by atoms with van der Waals surface area (Å²) in [6.07, 6.45) is 0. The van der Waals surface area contributed by atoms with Crippen LogP contribution in [0.5, 0.6) is 0 Å². The lowest BCUT2D eigenvalue weighted by molar-refractivity contribution is -0.118. The Labute approximate surface area is 196 Å². The number of anilines is 1. The van der Waals surface area contributed by atoms with Crippen molar-refractivity contribution in [2.24, 2.45) is 10.9 Å². The van der Waals surface area contributed by atoms with Crippen molar-refractivity contribution in [3.8, 4) is 5.69 Å². The predicted octanol–water partition coefficient (Wildman–Crippen LogP) is 4.34. The first-order valence-corrected chi connectivity index (χ1v) is 11.4. The number of para-hydroxylation sites is 1. The zero-order valence-electron chi connectivity index (χ0n) is 20.1. The van der Waals surface area contributed by atoms with E-state index in [1.807, 2.05) is 68.8 Å². The number of aryl methyl sites for hydroxylation is 2. The maximum absolute atomic E-state index is 11.9. The van der Waals surface area contributed by atoms with Crippen LogP contribution in [0.2, 0.25) is 0 Å². The number of aromatic nitrogens is 2. The SMILES string of the molecule is CCNC(=NCc1ccc(NC(=O)C(C)C)cc1)NCc1ccccc1-n1nc(C)cc1C. The third-order valence-electron chi connectivity index (χ3n) is 5.19. The van der Waals surface area contributed by atoms with Gasteiger partial charge < -0.3 is 16.0 Å². The molecule has 7 nitrogen and oxygen atoms in total. The maximum atomic E-state index is 11.9. The first-order chi connectivity index (χ1) is 15.9. The standard InChI is InChI=1S/C26H34N6O/c1-6-27-26(28-16-21-11-13-23(14-12-21)30-25(33)18(2)3)29-17-22-9-7-8-10-24(22)32-20(5)15-19(4)31-32/h7-15,18H,6,16-17H2,1-5H3,(H,30,33)(H2,27,28,29). The molecule has 0 aliphatic rings. The molecule has 0 bridgehead atoms. The third kappa shape index (κ3) is 6.68. The number of hydrogen-bond donors (Lipinski definition) is 3. The highest BCUT2D eigenvalue weighted by Gasteiger charge is 2.10. The first-order valence-electron chi connectivity index (χ1n) is 11.4. The van der Waals surface area contributed by atoms with Gasteiger partial charge >= 0.3 is 0 Å². The van der Waals surface area contributed by atoms with Crippen LogP contribution in [0, 0.1) is 19.8 Å². The van der Waals surface area contributed by atoms with Crippen LogP contribution in [0.25, 0.3) is 5.69 Å². The summed E-state index contributed by atoms with van der Waals surface area (Å²) in [5, 5.41) is 14.3.